The van der Waals surface area contributed by atoms with Crippen LogP contribution in [0.25, 0.3) is 0 Å². The summed E-state index contributed by atoms with van der Waals surface area (Å²) in [5.74, 6) is 0.0196. The van der Waals surface area contributed by atoms with Crippen molar-refractivity contribution in [2.24, 2.45) is 0 Å². The summed E-state index contributed by atoms with van der Waals surface area (Å²) in [5, 5.41) is 0. The molecule has 0 N–H and O–H groups in total. The van der Waals surface area contributed by atoms with Gasteiger partial charge in [0.15, 0.2) is 5.78 Å². The van der Waals surface area contributed by atoms with Crippen LogP contribution in [0.4, 0.5) is 0 Å². The van der Waals surface area contributed by atoms with E-state index in [1.165, 1.54) is 6.08 Å². The van der Waals surface area contributed by atoms with Crippen molar-refractivity contribution in [3.05, 3.63) is 59.1 Å². The van der Waals surface area contributed by atoms with Crippen LogP contribution in [0.15, 0.2) is 53.5 Å². The summed E-state index contributed by atoms with van der Waals surface area (Å²) in [7, 11) is 0. The summed E-state index contributed by atoms with van der Waals surface area (Å²) in [6.45, 7) is 0. The molecule has 1 aromatic rings. The highest BCUT2D eigenvalue weighted by molar-refractivity contribution is 9.11. The summed E-state index contributed by atoms with van der Waals surface area (Å²) in [6, 6.07) is 9.18. The number of carbonyl (C=O) groups excluding carboxylic acids is 1. The standard InChI is InChI=1S/C11H9BrO/c12-9-5-4-8-11(13)10-6-2-1-3-7-10/h1-9H/b8-4+,9-5-. The minimum absolute atomic E-state index is 0.0196. The van der Waals surface area contributed by atoms with Crippen LogP contribution in [-0.4, -0.2) is 5.78 Å². The molecule has 2 heteroatoms. The second-order valence-corrected chi connectivity index (χ2v) is 2.94. The topological polar surface area (TPSA) is 17.1 Å². The number of halogens is 1. The fraction of sp³-hybridized carbons (Fsp3) is 0. The largest absolute Gasteiger partial charge is 0.289 e. The van der Waals surface area contributed by atoms with E-state index >= 15 is 0 Å². The highest BCUT2D eigenvalue weighted by Gasteiger charge is 1.97. The fourth-order valence-electron chi connectivity index (χ4n) is 0.884. The lowest BCUT2D eigenvalue weighted by Crippen LogP contribution is -1.92. The highest BCUT2D eigenvalue weighted by atomic mass is 79.9. The molecule has 0 radical (unpaired) electrons. The molecule has 0 atom stereocenters. The summed E-state index contributed by atoms with van der Waals surface area (Å²) >= 11 is 3.11. The Bertz CT molecular complexity index is 325. The predicted molar refractivity (Wildman–Crippen MR) is 58.0 cm³/mol. The van der Waals surface area contributed by atoms with Crippen molar-refractivity contribution in [3.8, 4) is 0 Å². The van der Waals surface area contributed by atoms with E-state index in [0.717, 1.165) is 0 Å². The van der Waals surface area contributed by atoms with Crippen LogP contribution in [0.1, 0.15) is 10.4 Å². The van der Waals surface area contributed by atoms with Crippen LogP contribution in [0.2, 0.25) is 0 Å². The van der Waals surface area contributed by atoms with Gasteiger partial charge in [-0.1, -0.05) is 58.4 Å². The molecule has 0 aliphatic heterocycles. The van der Waals surface area contributed by atoms with Crippen molar-refractivity contribution in [1.82, 2.24) is 0 Å². The first-order chi connectivity index (χ1) is 6.34. The molecular weight excluding hydrogens is 228 g/mol. The third-order valence-electron chi connectivity index (χ3n) is 1.49. The molecule has 0 fully saturated rings. The second kappa shape index (κ2) is 5.49. The van der Waals surface area contributed by atoms with Gasteiger partial charge in [-0.2, -0.15) is 0 Å². The maximum atomic E-state index is 11.4. The number of carbonyl (C=O) groups is 1. The van der Waals surface area contributed by atoms with Gasteiger partial charge in [0.05, 0.1) is 0 Å². The number of ketones is 1. The Balaban J connectivity index is 2.70. The molecule has 0 bridgehead atoms. The Kier molecular flexibility index (Phi) is 4.19. The van der Waals surface area contributed by atoms with Gasteiger partial charge in [-0.25, -0.2) is 0 Å². The molecule has 1 rings (SSSR count). The molecular formula is C11H9BrO. The molecule has 0 spiro atoms. The minimum Gasteiger partial charge on any atom is -0.289 e. The number of rotatable bonds is 3. The van der Waals surface area contributed by atoms with E-state index in [-0.39, 0.29) is 5.78 Å². The third kappa shape index (κ3) is 3.38. The van der Waals surface area contributed by atoms with Gasteiger partial charge in [-0.3, -0.25) is 4.79 Å². The Morgan fingerprint density at radius 1 is 1.15 bits per heavy atom. The van der Waals surface area contributed by atoms with Gasteiger partial charge in [0.25, 0.3) is 0 Å². The quantitative estimate of drug-likeness (QED) is 0.447. The van der Waals surface area contributed by atoms with Crippen molar-refractivity contribution in [2.45, 2.75) is 0 Å². The van der Waals surface area contributed by atoms with E-state index in [2.05, 4.69) is 15.9 Å². The van der Waals surface area contributed by atoms with E-state index in [9.17, 15) is 4.79 Å². The van der Waals surface area contributed by atoms with E-state index in [1.807, 2.05) is 18.2 Å². The lowest BCUT2D eigenvalue weighted by molar-refractivity contribution is 0.104. The number of benzene rings is 1. The highest BCUT2D eigenvalue weighted by Crippen LogP contribution is 2.00. The summed E-state index contributed by atoms with van der Waals surface area (Å²) in [5.41, 5.74) is 0.710. The van der Waals surface area contributed by atoms with Crippen LogP contribution < -0.4 is 0 Å². The van der Waals surface area contributed by atoms with Crippen molar-refractivity contribution < 1.29 is 4.79 Å². The van der Waals surface area contributed by atoms with Gasteiger partial charge < -0.3 is 0 Å². The maximum Gasteiger partial charge on any atom is 0.185 e. The van der Waals surface area contributed by atoms with E-state index in [4.69, 9.17) is 0 Å². The molecule has 0 saturated heterocycles. The van der Waals surface area contributed by atoms with Crippen LogP contribution in [-0.2, 0) is 0 Å². The first-order valence-electron chi connectivity index (χ1n) is 3.87. The zero-order chi connectivity index (χ0) is 9.52. The number of allylic oxidation sites excluding steroid dienone is 3. The Morgan fingerprint density at radius 2 is 1.85 bits per heavy atom. The van der Waals surface area contributed by atoms with Crippen LogP contribution in [0.5, 0.6) is 0 Å². The molecule has 66 valence electrons. The van der Waals surface area contributed by atoms with Gasteiger partial charge >= 0.3 is 0 Å². The first kappa shape index (κ1) is 9.93. The molecule has 0 aliphatic rings. The molecule has 0 aliphatic carbocycles. The van der Waals surface area contributed by atoms with E-state index in [0.29, 0.717) is 5.56 Å². The van der Waals surface area contributed by atoms with Gasteiger partial charge in [-0.15, -0.1) is 0 Å². The molecule has 0 heterocycles. The molecule has 0 saturated carbocycles. The minimum atomic E-state index is 0.0196. The number of hydrogen-bond donors (Lipinski definition) is 0. The van der Waals surface area contributed by atoms with Gasteiger partial charge in [0.2, 0.25) is 0 Å². The molecule has 1 nitrogen and oxygen atoms in total. The first-order valence-corrected chi connectivity index (χ1v) is 4.79. The van der Waals surface area contributed by atoms with Gasteiger partial charge in [-0.05, 0) is 11.1 Å². The van der Waals surface area contributed by atoms with Crippen molar-refractivity contribution in [2.75, 3.05) is 0 Å². The second-order valence-electron chi connectivity index (χ2n) is 2.41. The van der Waals surface area contributed by atoms with E-state index in [1.54, 1.807) is 29.3 Å². The molecule has 0 amide bonds. The molecule has 1 aromatic carbocycles. The maximum absolute atomic E-state index is 11.4. The Morgan fingerprint density at radius 3 is 2.46 bits per heavy atom. The average Bonchev–Trinajstić information content (AvgIpc) is 2.19. The van der Waals surface area contributed by atoms with Crippen LogP contribution >= 0.6 is 15.9 Å². The normalized spacial score (nSPS) is 11.2. The lowest BCUT2D eigenvalue weighted by atomic mass is 10.1. The van der Waals surface area contributed by atoms with Crippen LogP contribution in [0.3, 0.4) is 0 Å². The molecule has 0 unspecified atom stereocenters. The molecule has 0 aromatic heterocycles. The smallest absolute Gasteiger partial charge is 0.185 e. The van der Waals surface area contributed by atoms with E-state index < -0.39 is 0 Å². The van der Waals surface area contributed by atoms with Crippen molar-refractivity contribution in [1.29, 1.82) is 0 Å². The summed E-state index contributed by atoms with van der Waals surface area (Å²) in [4.78, 5) is 13.1. The average molecular weight is 237 g/mol. The predicted octanol–water partition coefficient (Wildman–Crippen LogP) is 3.33. The Hall–Kier alpha value is -1.15. The lowest BCUT2D eigenvalue weighted by Gasteiger charge is -1.91. The van der Waals surface area contributed by atoms with Gasteiger partial charge in [0.1, 0.15) is 0 Å². The summed E-state index contributed by atoms with van der Waals surface area (Å²) < 4.78 is 0. The van der Waals surface area contributed by atoms with Crippen molar-refractivity contribution >= 4 is 21.7 Å². The number of hydrogen-bond acceptors (Lipinski definition) is 1. The van der Waals surface area contributed by atoms with Crippen molar-refractivity contribution in [3.63, 3.8) is 0 Å². The Labute approximate surface area is 85.9 Å². The van der Waals surface area contributed by atoms with Gasteiger partial charge in [0, 0.05) is 5.56 Å². The zero-order valence-corrected chi connectivity index (χ0v) is 8.57. The molecule has 13 heavy (non-hydrogen) atoms. The summed E-state index contributed by atoms with van der Waals surface area (Å²) in [6.07, 6.45) is 4.98. The van der Waals surface area contributed by atoms with Crippen LogP contribution in [0, 0.1) is 0 Å². The SMILES string of the molecule is O=C(/C=C/C=C\Br)c1ccccc1. The third-order valence-corrected chi connectivity index (χ3v) is 1.79. The monoisotopic (exact) mass is 236 g/mol. The zero-order valence-electron chi connectivity index (χ0n) is 6.98. The fourth-order valence-corrected chi connectivity index (χ4v) is 1.06.